The molecule has 3 rings (SSSR count). The number of nitrogens with zero attached hydrogens (tertiary/aromatic N) is 3. The molecule has 156 valence electrons. The summed E-state index contributed by atoms with van der Waals surface area (Å²) in [6, 6.07) is 7.83. The van der Waals surface area contributed by atoms with Gasteiger partial charge in [0.2, 0.25) is 5.76 Å². The SMILES string of the molecule is C=N/C(CNC(=O)c1cnc(CCNCc2nc3ccccc3[nH]2)o1)=C(F)\C=C/C. The lowest BCUT2D eigenvalue weighted by Gasteiger charge is -2.04. The Morgan fingerprint density at radius 2 is 2.23 bits per heavy atom. The fraction of sp³-hybridized carbons (Fsp3) is 0.238. The van der Waals surface area contributed by atoms with Crippen molar-refractivity contribution in [3.05, 3.63) is 71.6 Å². The molecule has 0 spiro atoms. The second kappa shape index (κ2) is 10.3. The zero-order valence-electron chi connectivity index (χ0n) is 16.6. The van der Waals surface area contributed by atoms with Crippen molar-refractivity contribution in [3.8, 4) is 0 Å². The average Bonchev–Trinajstić information content (AvgIpc) is 3.38. The van der Waals surface area contributed by atoms with Gasteiger partial charge >= 0.3 is 0 Å². The van der Waals surface area contributed by atoms with Crippen molar-refractivity contribution in [2.75, 3.05) is 13.1 Å². The summed E-state index contributed by atoms with van der Waals surface area (Å²) in [5.41, 5.74) is 1.96. The molecule has 30 heavy (non-hydrogen) atoms. The molecule has 2 heterocycles. The van der Waals surface area contributed by atoms with E-state index in [9.17, 15) is 9.18 Å². The first-order chi connectivity index (χ1) is 14.6. The van der Waals surface area contributed by atoms with E-state index in [4.69, 9.17) is 4.42 Å². The van der Waals surface area contributed by atoms with Crippen LogP contribution in [0.15, 0.2) is 63.5 Å². The van der Waals surface area contributed by atoms with Crippen LogP contribution in [-0.2, 0) is 13.0 Å². The molecule has 0 aliphatic carbocycles. The maximum atomic E-state index is 13.7. The van der Waals surface area contributed by atoms with Gasteiger partial charge in [-0.3, -0.25) is 9.79 Å². The molecule has 0 bridgehead atoms. The summed E-state index contributed by atoms with van der Waals surface area (Å²) in [7, 11) is 0. The molecule has 0 saturated heterocycles. The van der Waals surface area contributed by atoms with E-state index in [0.29, 0.717) is 25.4 Å². The molecule has 0 atom stereocenters. The molecule has 0 aliphatic rings. The van der Waals surface area contributed by atoms with Crippen molar-refractivity contribution in [2.24, 2.45) is 4.99 Å². The van der Waals surface area contributed by atoms with Crippen LogP contribution in [-0.4, -0.2) is 40.7 Å². The Kier molecular flexibility index (Phi) is 7.23. The summed E-state index contributed by atoms with van der Waals surface area (Å²) in [4.78, 5) is 27.6. The molecule has 9 heteroatoms. The second-order valence-electron chi connectivity index (χ2n) is 6.38. The van der Waals surface area contributed by atoms with Crippen molar-refractivity contribution < 1.29 is 13.6 Å². The average molecular weight is 410 g/mol. The number of H-pyrrole nitrogens is 1. The summed E-state index contributed by atoms with van der Waals surface area (Å²) < 4.78 is 19.2. The number of oxazole rings is 1. The van der Waals surface area contributed by atoms with E-state index in [-0.39, 0.29) is 18.0 Å². The number of para-hydroxylation sites is 2. The van der Waals surface area contributed by atoms with Gasteiger partial charge in [-0.2, -0.15) is 0 Å². The second-order valence-corrected chi connectivity index (χ2v) is 6.38. The maximum Gasteiger partial charge on any atom is 0.289 e. The summed E-state index contributed by atoms with van der Waals surface area (Å²) in [5, 5.41) is 5.79. The Hall–Kier alpha value is -3.59. The van der Waals surface area contributed by atoms with Gasteiger partial charge in [-0.25, -0.2) is 14.4 Å². The van der Waals surface area contributed by atoms with Crippen molar-refractivity contribution in [1.82, 2.24) is 25.6 Å². The van der Waals surface area contributed by atoms with Gasteiger partial charge in [0, 0.05) is 13.0 Å². The summed E-state index contributed by atoms with van der Waals surface area (Å²) in [6.45, 7) is 6.06. The Morgan fingerprint density at radius 1 is 1.40 bits per heavy atom. The van der Waals surface area contributed by atoms with E-state index in [2.05, 4.69) is 37.3 Å². The van der Waals surface area contributed by atoms with Crippen LogP contribution in [0.1, 0.15) is 29.2 Å². The predicted octanol–water partition coefficient (Wildman–Crippen LogP) is 3.07. The number of rotatable bonds is 10. The third-order valence-corrected chi connectivity index (χ3v) is 4.22. The zero-order chi connectivity index (χ0) is 21.3. The first kappa shape index (κ1) is 21.1. The van der Waals surface area contributed by atoms with Gasteiger partial charge in [0.1, 0.15) is 11.7 Å². The Balaban J connectivity index is 1.45. The Labute approximate surface area is 173 Å². The number of carbonyl (C=O) groups excluding carboxylic acids is 1. The van der Waals surface area contributed by atoms with Crippen molar-refractivity contribution in [1.29, 1.82) is 0 Å². The number of aromatic nitrogens is 3. The van der Waals surface area contributed by atoms with Crippen molar-refractivity contribution in [2.45, 2.75) is 19.9 Å². The zero-order valence-corrected chi connectivity index (χ0v) is 16.6. The number of allylic oxidation sites excluding steroid dienone is 3. The van der Waals surface area contributed by atoms with E-state index in [0.717, 1.165) is 16.9 Å². The summed E-state index contributed by atoms with van der Waals surface area (Å²) >= 11 is 0. The largest absolute Gasteiger partial charge is 0.436 e. The number of carbonyl (C=O) groups is 1. The van der Waals surface area contributed by atoms with Gasteiger partial charge in [0.05, 0.1) is 36.0 Å². The smallest absolute Gasteiger partial charge is 0.289 e. The van der Waals surface area contributed by atoms with Crippen LogP contribution in [0.5, 0.6) is 0 Å². The quantitative estimate of drug-likeness (QED) is 0.270. The van der Waals surface area contributed by atoms with E-state index >= 15 is 0 Å². The summed E-state index contributed by atoms with van der Waals surface area (Å²) in [5.74, 6) is 0.264. The van der Waals surface area contributed by atoms with E-state index < -0.39 is 11.7 Å². The molecule has 0 unspecified atom stereocenters. The normalized spacial score (nSPS) is 12.3. The topological polar surface area (TPSA) is 108 Å². The van der Waals surface area contributed by atoms with Gasteiger partial charge in [0.25, 0.3) is 5.91 Å². The maximum absolute atomic E-state index is 13.7. The molecule has 3 N–H and O–H groups in total. The molecule has 2 aromatic heterocycles. The lowest BCUT2D eigenvalue weighted by molar-refractivity contribution is 0.0927. The predicted molar refractivity (Wildman–Crippen MR) is 113 cm³/mol. The van der Waals surface area contributed by atoms with Gasteiger partial charge in [-0.15, -0.1) is 0 Å². The number of halogens is 1. The highest BCUT2D eigenvalue weighted by Crippen LogP contribution is 2.11. The molecule has 8 nitrogen and oxygen atoms in total. The molecule has 0 aliphatic heterocycles. The number of fused-ring (bicyclic) bond motifs is 1. The van der Waals surface area contributed by atoms with Gasteiger partial charge in [-0.05, 0) is 31.9 Å². The molecular weight excluding hydrogens is 387 g/mol. The molecule has 0 fully saturated rings. The van der Waals surface area contributed by atoms with Crippen molar-refractivity contribution >= 4 is 23.7 Å². The molecule has 0 saturated carbocycles. The highest BCUT2D eigenvalue weighted by atomic mass is 19.1. The molecule has 1 amide bonds. The highest BCUT2D eigenvalue weighted by molar-refractivity contribution is 5.91. The number of aliphatic imine (C=N–C) groups is 1. The number of hydrogen-bond donors (Lipinski definition) is 3. The molecule has 1 aromatic carbocycles. The molecular formula is C21H23FN6O2. The fourth-order valence-electron chi connectivity index (χ4n) is 2.73. The lowest BCUT2D eigenvalue weighted by Crippen LogP contribution is -2.25. The van der Waals surface area contributed by atoms with Crippen LogP contribution in [0.4, 0.5) is 4.39 Å². The van der Waals surface area contributed by atoms with Crippen LogP contribution in [0, 0.1) is 0 Å². The van der Waals surface area contributed by atoms with Gasteiger partial charge in [-0.1, -0.05) is 18.2 Å². The van der Waals surface area contributed by atoms with E-state index in [1.54, 1.807) is 6.92 Å². The number of aromatic amines is 1. The summed E-state index contributed by atoms with van der Waals surface area (Å²) in [6.07, 6.45) is 4.63. The van der Waals surface area contributed by atoms with Crippen LogP contribution >= 0.6 is 0 Å². The highest BCUT2D eigenvalue weighted by Gasteiger charge is 2.13. The number of amides is 1. The van der Waals surface area contributed by atoms with Gasteiger partial charge < -0.3 is 20.0 Å². The number of benzene rings is 1. The minimum Gasteiger partial charge on any atom is -0.436 e. The minimum absolute atomic E-state index is 0.0379. The van der Waals surface area contributed by atoms with Crippen LogP contribution < -0.4 is 10.6 Å². The first-order valence-electron chi connectivity index (χ1n) is 9.46. The van der Waals surface area contributed by atoms with Crippen LogP contribution in [0.25, 0.3) is 11.0 Å². The third-order valence-electron chi connectivity index (χ3n) is 4.22. The Bertz CT molecular complexity index is 1050. The third kappa shape index (κ3) is 5.48. The molecule has 3 aromatic rings. The number of imidazole rings is 1. The van der Waals surface area contributed by atoms with Gasteiger partial charge in [0.15, 0.2) is 5.89 Å². The number of nitrogens with one attached hydrogen (secondary N) is 3. The monoisotopic (exact) mass is 410 g/mol. The van der Waals surface area contributed by atoms with E-state index in [1.807, 2.05) is 24.3 Å². The lowest BCUT2D eigenvalue weighted by atomic mass is 10.3. The van der Waals surface area contributed by atoms with Crippen LogP contribution in [0.2, 0.25) is 0 Å². The van der Waals surface area contributed by atoms with E-state index in [1.165, 1.54) is 18.3 Å². The Morgan fingerprint density at radius 3 is 3.00 bits per heavy atom. The molecule has 0 radical (unpaired) electrons. The van der Waals surface area contributed by atoms with Crippen LogP contribution in [0.3, 0.4) is 0 Å². The fourth-order valence-corrected chi connectivity index (χ4v) is 2.73. The minimum atomic E-state index is -0.554. The van der Waals surface area contributed by atoms with Crippen molar-refractivity contribution in [3.63, 3.8) is 0 Å². The standard InChI is InChI=1S/C21H23FN6O2/c1-3-6-14(22)17(23-2)11-26-21(29)18-12-25-20(30-18)9-10-24-13-19-27-15-7-4-5-8-16(15)28-19/h3-8,12,24H,2,9-11,13H2,1H3,(H,26,29)(H,27,28)/b6-3-,17-14+. The number of hydrogen-bond acceptors (Lipinski definition) is 6. The first-order valence-corrected chi connectivity index (χ1v) is 9.46.